The molecule has 146 valence electrons. The summed E-state index contributed by atoms with van der Waals surface area (Å²) in [6, 6.07) is 8.65. The quantitative estimate of drug-likeness (QED) is 0.283. The van der Waals surface area contributed by atoms with Gasteiger partial charge in [0, 0.05) is 57.2 Å². The molecular formula is C20H33N3O2S. The van der Waals surface area contributed by atoms with E-state index in [4.69, 9.17) is 9.47 Å². The molecule has 1 heterocycles. The fourth-order valence-electron chi connectivity index (χ4n) is 2.74. The first-order chi connectivity index (χ1) is 12.8. The Morgan fingerprint density at radius 1 is 1.19 bits per heavy atom. The summed E-state index contributed by atoms with van der Waals surface area (Å²) < 4.78 is 11.2. The summed E-state index contributed by atoms with van der Waals surface area (Å²) >= 11 is 1.86. The predicted octanol–water partition coefficient (Wildman–Crippen LogP) is 3.09. The molecule has 0 radical (unpaired) electrons. The Bertz CT molecular complexity index is 516. The maximum absolute atomic E-state index is 5.79. The molecule has 2 rings (SSSR count). The van der Waals surface area contributed by atoms with Crippen molar-refractivity contribution in [2.24, 2.45) is 10.9 Å². The first-order valence-corrected chi connectivity index (χ1v) is 10.6. The molecule has 0 atom stereocenters. The molecule has 0 aromatic heterocycles. The summed E-state index contributed by atoms with van der Waals surface area (Å²) in [4.78, 5) is 5.57. The van der Waals surface area contributed by atoms with E-state index < -0.39 is 0 Å². The van der Waals surface area contributed by atoms with Gasteiger partial charge in [-0.1, -0.05) is 17.7 Å². The molecule has 26 heavy (non-hydrogen) atoms. The predicted molar refractivity (Wildman–Crippen MR) is 110 cm³/mol. The van der Waals surface area contributed by atoms with Crippen molar-refractivity contribution in [1.29, 1.82) is 0 Å². The highest BCUT2D eigenvalue weighted by atomic mass is 32.2. The first-order valence-electron chi connectivity index (χ1n) is 9.57. The van der Waals surface area contributed by atoms with Gasteiger partial charge in [-0.15, -0.1) is 11.8 Å². The van der Waals surface area contributed by atoms with Crippen molar-refractivity contribution in [2.75, 3.05) is 52.3 Å². The van der Waals surface area contributed by atoms with Gasteiger partial charge in [-0.3, -0.25) is 4.99 Å². The number of rotatable bonds is 10. The van der Waals surface area contributed by atoms with Crippen molar-refractivity contribution in [3.8, 4) is 0 Å². The third-order valence-electron chi connectivity index (χ3n) is 4.36. The van der Waals surface area contributed by atoms with E-state index in [0.29, 0.717) is 5.92 Å². The molecule has 0 spiro atoms. The second-order valence-electron chi connectivity index (χ2n) is 6.57. The minimum Gasteiger partial charge on any atom is -0.381 e. The van der Waals surface area contributed by atoms with Gasteiger partial charge in [0.1, 0.15) is 0 Å². The van der Waals surface area contributed by atoms with Crippen LogP contribution in [0.2, 0.25) is 0 Å². The summed E-state index contributed by atoms with van der Waals surface area (Å²) in [5.74, 6) is 2.55. The minimum atomic E-state index is 0.678. The Hall–Kier alpha value is -1.24. The summed E-state index contributed by atoms with van der Waals surface area (Å²) in [5, 5.41) is 6.70. The zero-order valence-electron chi connectivity index (χ0n) is 16.1. The van der Waals surface area contributed by atoms with Crippen LogP contribution in [0.3, 0.4) is 0 Å². The number of hydrogen-bond donors (Lipinski definition) is 2. The Morgan fingerprint density at radius 2 is 1.92 bits per heavy atom. The second kappa shape index (κ2) is 13.0. The monoisotopic (exact) mass is 379 g/mol. The SMILES string of the molecule is CN=C(NCCCOCC1CCOCC1)NCCSc1ccc(C)cc1. The second-order valence-corrected chi connectivity index (χ2v) is 7.74. The Morgan fingerprint density at radius 3 is 2.65 bits per heavy atom. The Kier molecular flexibility index (Phi) is 10.5. The van der Waals surface area contributed by atoms with Crippen molar-refractivity contribution in [1.82, 2.24) is 10.6 Å². The van der Waals surface area contributed by atoms with Crippen molar-refractivity contribution in [3.63, 3.8) is 0 Å². The molecule has 6 heteroatoms. The van der Waals surface area contributed by atoms with Crippen LogP contribution in [0.4, 0.5) is 0 Å². The molecule has 1 fully saturated rings. The molecule has 0 saturated carbocycles. The van der Waals surface area contributed by atoms with Crippen LogP contribution in [0.1, 0.15) is 24.8 Å². The molecule has 5 nitrogen and oxygen atoms in total. The lowest BCUT2D eigenvalue weighted by atomic mass is 10.0. The van der Waals surface area contributed by atoms with E-state index in [9.17, 15) is 0 Å². The number of nitrogens with one attached hydrogen (secondary N) is 2. The minimum absolute atomic E-state index is 0.678. The van der Waals surface area contributed by atoms with Crippen LogP contribution in [-0.4, -0.2) is 58.3 Å². The number of ether oxygens (including phenoxy) is 2. The molecule has 0 amide bonds. The van der Waals surface area contributed by atoms with Crippen molar-refractivity contribution < 1.29 is 9.47 Å². The normalized spacial score (nSPS) is 15.8. The van der Waals surface area contributed by atoms with E-state index in [1.165, 1.54) is 10.5 Å². The van der Waals surface area contributed by atoms with Crippen LogP contribution < -0.4 is 10.6 Å². The van der Waals surface area contributed by atoms with Gasteiger partial charge in [-0.05, 0) is 44.2 Å². The van der Waals surface area contributed by atoms with Crippen LogP contribution in [0, 0.1) is 12.8 Å². The summed E-state index contributed by atoms with van der Waals surface area (Å²) in [7, 11) is 1.81. The van der Waals surface area contributed by atoms with Crippen LogP contribution in [0.25, 0.3) is 0 Å². The van der Waals surface area contributed by atoms with E-state index in [1.807, 2.05) is 18.8 Å². The molecule has 1 aliphatic heterocycles. The molecule has 1 aromatic rings. The number of nitrogens with zero attached hydrogens (tertiary/aromatic N) is 1. The van der Waals surface area contributed by atoms with Gasteiger partial charge in [0.2, 0.25) is 0 Å². The fourth-order valence-corrected chi connectivity index (χ4v) is 3.51. The zero-order valence-corrected chi connectivity index (χ0v) is 16.9. The highest BCUT2D eigenvalue weighted by Crippen LogP contribution is 2.17. The van der Waals surface area contributed by atoms with E-state index in [0.717, 1.165) is 70.5 Å². The number of benzene rings is 1. The molecule has 1 aromatic carbocycles. The molecule has 0 unspecified atom stereocenters. The number of aryl methyl sites for hydroxylation is 1. The summed E-state index contributed by atoms with van der Waals surface area (Å²) in [6.07, 6.45) is 3.26. The average molecular weight is 380 g/mol. The van der Waals surface area contributed by atoms with Crippen molar-refractivity contribution in [2.45, 2.75) is 31.1 Å². The first kappa shape index (κ1) is 21.1. The molecular weight excluding hydrogens is 346 g/mol. The fraction of sp³-hybridized carbons (Fsp3) is 0.650. The van der Waals surface area contributed by atoms with E-state index in [-0.39, 0.29) is 0 Å². The van der Waals surface area contributed by atoms with Crippen LogP contribution in [-0.2, 0) is 9.47 Å². The van der Waals surface area contributed by atoms with Crippen molar-refractivity contribution >= 4 is 17.7 Å². The van der Waals surface area contributed by atoms with Gasteiger partial charge in [0.25, 0.3) is 0 Å². The highest BCUT2D eigenvalue weighted by Gasteiger charge is 2.13. The van der Waals surface area contributed by atoms with Gasteiger partial charge in [-0.25, -0.2) is 0 Å². The van der Waals surface area contributed by atoms with Gasteiger partial charge < -0.3 is 20.1 Å². The Labute approximate surface area is 162 Å². The molecule has 1 aliphatic rings. The molecule has 0 bridgehead atoms. The smallest absolute Gasteiger partial charge is 0.191 e. The van der Waals surface area contributed by atoms with Gasteiger partial charge in [0.05, 0.1) is 0 Å². The van der Waals surface area contributed by atoms with Crippen LogP contribution in [0.15, 0.2) is 34.2 Å². The third kappa shape index (κ3) is 8.92. The van der Waals surface area contributed by atoms with Gasteiger partial charge in [0.15, 0.2) is 5.96 Å². The highest BCUT2D eigenvalue weighted by molar-refractivity contribution is 7.99. The maximum atomic E-state index is 5.79. The van der Waals surface area contributed by atoms with Crippen molar-refractivity contribution in [3.05, 3.63) is 29.8 Å². The maximum Gasteiger partial charge on any atom is 0.191 e. The summed E-state index contributed by atoms with van der Waals surface area (Å²) in [6.45, 7) is 7.31. The van der Waals surface area contributed by atoms with E-state index in [1.54, 1.807) is 0 Å². The van der Waals surface area contributed by atoms with Gasteiger partial charge in [-0.2, -0.15) is 0 Å². The van der Waals surface area contributed by atoms with Crippen LogP contribution in [0.5, 0.6) is 0 Å². The summed E-state index contributed by atoms with van der Waals surface area (Å²) in [5.41, 5.74) is 1.30. The lowest BCUT2D eigenvalue weighted by Gasteiger charge is -2.21. The van der Waals surface area contributed by atoms with Crippen LogP contribution >= 0.6 is 11.8 Å². The van der Waals surface area contributed by atoms with E-state index >= 15 is 0 Å². The average Bonchev–Trinajstić information content (AvgIpc) is 2.68. The topological polar surface area (TPSA) is 54.9 Å². The lowest BCUT2D eigenvalue weighted by Crippen LogP contribution is -2.39. The number of thioether (sulfide) groups is 1. The number of hydrogen-bond acceptors (Lipinski definition) is 4. The number of aliphatic imine (C=N–C) groups is 1. The molecule has 0 aliphatic carbocycles. The molecule has 1 saturated heterocycles. The standard InChI is InChI=1S/C20H33N3O2S/c1-17-4-6-19(7-5-17)26-15-11-23-20(21-2)22-10-3-12-25-16-18-8-13-24-14-9-18/h4-7,18H,3,8-16H2,1-2H3,(H2,21,22,23). The van der Waals surface area contributed by atoms with Gasteiger partial charge >= 0.3 is 0 Å². The largest absolute Gasteiger partial charge is 0.381 e. The lowest BCUT2D eigenvalue weighted by molar-refractivity contribution is 0.0203. The molecule has 2 N–H and O–H groups in total. The Balaban J connectivity index is 1.46. The van der Waals surface area contributed by atoms with E-state index in [2.05, 4.69) is 46.8 Å². The zero-order chi connectivity index (χ0) is 18.5. The third-order valence-corrected chi connectivity index (χ3v) is 5.37. The number of guanidine groups is 1.